The quantitative estimate of drug-likeness (QED) is 0.445. The molecule has 9 heteroatoms. The van der Waals surface area contributed by atoms with Gasteiger partial charge in [0.1, 0.15) is 12.4 Å². The maximum Gasteiger partial charge on any atom is 0.230 e. The van der Waals surface area contributed by atoms with Crippen molar-refractivity contribution in [3.63, 3.8) is 0 Å². The van der Waals surface area contributed by atoms with E-state index in [0.29, 0.717) is 22.6 Å². The van der Waals surface area contributed by atoms with Crippen molar-refractivity contribution in [3.8, 4) is 5.75 Å². The van der Waals surface area contributed by atoms with Crippen molar-refractivity contribution >= 4 is 33.6 Å². The lowest BCUT2D eigenvalue weighted by Crippen LogP contribution is -2.41. The Morgan fingerprint density at radius 2 is 2.28 bits per heavy atom. The molecule has 2 aliphatic carbocycles. The van der Waals surface area contributed by atoms with Crippen LogP contribution < -0.4 is 15.9 Å². The molecule has 1 aromatic carbocycles. The average Bonchev–Trinajstić information content (AvgIpc) is 3.41. The Kier molecular flexibility index (Phi) is 6.34. The number of carbonyl (C=O) groups excluding carboxylic acids is 1. The van der Waals surface area contributed by atoms with Crippen LogP contribution in [0.2, 0.25) is 0 Å². The fourth-order valence-corrected chi connectivity index (χ4v) is 5.71. The van der Waals surface area contributed by atoms with Gasteiger partial charge in [0, 0.05) is 10.5 Å². The Morgan fingerprint density at radius 1 is 1.41 bits per heavy atom. The molecule has 2 aromatic rings. The van der Waals surface area contributed by atoms with Crippen LogP contribution in [-0.4, -0.2) is 32.6 Å². The highest BCUT2D eigenvalue weighted by Gasteiger charge is 2.42. The van der Waals surface area contributed by atoms with E-state index in [4.69, 9.17) is 10.6 Å². The Hall–Kier alpha value is -1.74. The van der Waals surface area contributed by atoms with Crippen LogP contribution >= 0.6 is 27.7 Å². The number of nitrogens with one attached hydrogen (secondary N) is 1. The molecule has 4 atom stereocenters. The first-order valence-corrected chi connectivity index (χ1v) is 11.8. The average molecular weight is 480 g/mol. The third kappa shape index (κ3) is 4.88. The largest absolute Gasteiger partial charge is 0.485 e. The van der Waals surface area contributed by atoms with Crippen LogP contribution in [0.4, 0.5) is 0 Å². The summed E-state index contributed by atoms with van der Waals surface area (Å²) in [5.74, 6) is 9.88. The minimum absolute atomic E-state index is 0.0141. The van der Waals surface area contributed by atoms with Gasteiger partial charge in [-0.25, -0.2) is 4.68 Å². The molecule has 1 aromatic heterocycles. The number of benzene rings is 1. The highest BCUT2D eigenvalue weighted by molar-refractivity contribution is 9.10. The van der Waals surface area contributed by atoms with Crippen LogP contribution in [0.15, 0.2) is 33.9 Å². The molecule has 0 spiro atoms. The van der Waals surface area contributed by atoms with Crippen molar-refractivity contribution in [2.45, 2.75) is 50.4 Å². The molecule has 29 heavy (non-hydrogen) atoms. The molecule has 1 heterocycles. The van der Waals surface area contributed by atoms with E-state index in [1.54, 1.807) is 0 Å². The molecule has 0 saturated heterocycles. The van der Waals surface area contributed by atoms with Crippen LogP contribution in [-0.2, 0) is 11.4 Å². The molecule has 7 nitrogen and oxygen atoms in total. The van der Waals surface area contributed by atoms with Gasteiger partial charge in [0.25, 0.3) is 0 Å². The molecule has 0 unspecified atom stereocenters. The predicted molar refractivity (Wildman–Crippen MR) is 116 cm³/mol. The molecule has 4 rings (SSSR count). The van der Waals surface area contributed by atoms with Gasteiger partial charge in [0.05, 0.1) is 5.75 Å². The lowest BCUT2D eigenvalue weighted by Gasteiger charge is -2.28. The highest BCUT2D eigenvalue weighted by atomic mass is 79.9. The Morgan fingerprint density at radius 3 is 3.00 bits per heavy atom. The fourth-order valence-electron chi connectivity index (χ4n) is 4.65. The number of hydrogen-bond acceptors (Lipinski definition) is 6. The monoisotopic (exact) mass is 479 g/mol. The first-order chi connectivity index (χ1) is 14.0. The summed E-state index contributed by atoms with van der Waals surface area (Å²) in [6.45, 7) is 2.34. The maximum atomic E-state index is 12.4. The van der Waals surface area contributed by atoms with Crippen LogP contribution in [0.3, 0.4) is 0 Å². The van der Waals surface area contributed by atoms with E-state index in [1.165, 1.54) is 42.1 Å². The van der Waals surface area contributed by atoms with Crippen molar-refractivity contribution in [2.24, 2.45) is 17.8 Å². The maximum absolute atomic E-state index is 12.4. The van der Waals surface area contributed by atoms with Crippen molar-refractivity contribution < 1.29 is 9.53 Å². The highest BCUT2D eigenvalue weighted by Crippen LogP contribution is 2.49. The zero-order valence-electron chi connectivity index (χ0n) is 16.4. The smallest absolute Gasteiger partial charge is 0.230 e. The Bertz CT molecular complexity index is 876. The first kappa shape index (κ1) is 20.5. The van der Waals surface area contributed by atoms with Crippen molar-refractivity contribution in [2.75, 3.05) is 11.6 Å². The number of carbonyl (C=O) groups is 1. The van der Waals surface area contributed by atoms with Gasteiger partial charge in [0.2, 0.25) is 11.1 Å². The van der Waals surface area contributed by atoms with Gasteiger partial charge in [-0.15, -0.1) is 10.2 Å². The zero-order chi connectivity index (χ0) is 20.4. The van der Waals surface area contributed by atoms with Crippen LogP contribution in [0, 0.1) is 17.8 Å². The van der Waals surface area contributed by atoms with Gasteiger partial charge in [-0.1, -0.05) is 40.2 Å². The van der Waals surface area contributed by atoms with E-state index in [9.17, 15) is 4.79 Å². The summed E-state index contributed by atoms with van der Waals surface area (Å²) in [6.07, 6.45) is 5.31. The number of aromatic nitrogens is 3. The van der Waals surface area contributed by atoms with E-state index in [2.05, 4.69) is 38.4 Å². The second-order valence-corrected chi connectivity index (χ2v) is 9.86. The third-order valence-electron chi connectivity index (χ3n) is 6.06. The molecule has 2 aliphatic rings. The van der Waals surface area contributed by atoms with Crippen LogP contribution in [0.25, 0.3) is 0 Å². The van der Waals surface area contributed by atoms with E-state index < -0.39 is 0 Å². The summed E-state index contributed by atoms with van der Waals surface area (Å²) in [4.78, 5) is 12.4. The lowest BCUT2D eigenvalue weighted by atomic mass is 9.84. The van der Waals surface area contributed by atoms with Crippen LogP contribution in [0.5, 0.6) is 5.75 Å². The molecule has 2 saturated carbocycles. The minimum Gasteiger partial charge on any atom is -0.485 e. The van der Waals surface area contributed by atoms with Crippen molar-refractivity contribution in [1.82, 2.24) is 20.2 Å². The van der Waals surface area contributed by atoms with Gasteiger partial charge in [-0.2, -0.15) is 0 Å². The summed E-state index contributed by atoms with van der Waals surface area (Å²) >= 11 is 4.70. The summed E-state index contributed by atoms with van der Waals surface area (Å²) in [5.41, 5.74) is 0. The van der Waals surface area contributed by atoms with Gasteiger partial charge < -0.3 is 15.9 Å². The summed E-state index contributed by atoms with van der Waals surface area (Å²) in [6, 6.07) is 7.78. The lowest BCUT2D eigenvalue weighted by molar-refractivity contribution is -0.119. The van der Waals surface area contributed by atoms with Gasteiger partial charge in [-0.05, 0) is 62.1 Å². The molecule has 0 radical (unpaired) electrons. The summed E-state index contributed by atoms with van der Waals surface area (Å²) in [7, 11) is 0. The zero-order valence-corrected chi connectivity index (χ0v) is 18.8. The Balaban J connectivity index is 1.25. The number of rotatable bonds is 8. The molecule has 1 amide bonds. The van der Waals surface area contributed by atoms with E-state index >= 15 is 0 Å². The van der Waals surface area contributed by atoms with Gasteiger partial charge >= 0.3 is 0 Å². The molecule has 2 fully saturated rings. The number of nitrogens with two attached hydrogens (primary N) is 1. The normalized spacial score (nSPS) is 23.9. The SMILES string of the molecule is C[C@@H](NC(=O)CSc1nnc(COc2cccc(Br)c2)n1N)[C@@H]1C[C@H]2CC[C@H]1C2. The predicted octanol–water partition coefficient (Wildman–Crippen LogP) is 3.37. The van der Waals surface area contributed by atoms with Crippen LogP contribution in [0.1, 0.15) is 38.4 Å². The minimum atomic E-state index is 0.0141. The number of thioether (sulfide) groups is 1. The second-order valence-electron chi connectivity index (χ2n) is 8.00. The van der Waals surface area contributed by atoms with Crippen molar-refractivity contribution in [3.05, 3.63) is 34.6 Å². The van der Waals surface area contributed by atoms with Gasteiger partial charge in [0.15, 0.2) is 5.82 Å². The summed E-state index contributed by atoms with van der Waals surface area (Å²) < 4.78 is 8.02. The molecular weight excluding hydrogens is 454 g/mol. The first-order valence-electron chi connectivity index (χ1n) is 9.99. The van der Waals surface area contributed by atoms with E-state index in [0.717, 1.165) is 16.3 Å². The standard InChI is InChI=1S/C20H26BrN5O2S/c1-12(17-8-13-5-6-14(17)7-13)23-19(27)11-29-20-25-24-18(26(20)22)10-28-16-4-2-3-15(21)9-16/h2-4,9,12-14,17H,5-8,10-11,22H2,1H3,(H,23,27)/t12-,13+,14+,17+/m1/s1. The topological polar surface area (TPSA) is 95.1 Å². The third-order valence-corrected chi connectivity index (χ3v) is 7.49. The van der Waals surface area contributed by atoms with E-state index in [1.807, 2.05) is 24.3 Å². The number of fused-ring (bicyclic) bond motifs is 2. The number of nitrogen functional groups attached to an aromatic ring is 1. The van der Waals surface area contributed by atoms with E-state index in [-0.39, 0.29) is 24.3 Å². The Labute approximate surface area is 183 Å². The number of ether oxygens (including phenoxy) is 1. The number of amides is 1. The fraction of sp³-hybridized carbons (Fsp3) is 0.550. The molecule has 0 aliphatic heterocycles. The second kappa shape index (κ2) is 8.95. The number of hydrogen-bond donors (Lipinski definition) is 2. The summed E-state index contributed by atoms with van der Waals surface area (Å²) in [5, 5.41) is 11.8. The molecular formula is C20H26BrN5O2S. The number of nitrogens with zero attached hydrogens (tertiary/aromatic N) is 3. The number of halogens is 1. The molecule has 3 N–H and O–H groups in total. The van der Waals surface area contributed by atoms with Crippen molar-refractivity contribution in [1.29, 1.82) is 0 Å². The molecule has 156 valence electrons. The van der Waals surface area contributed by atoms with Gasteiger partial charge in [-0.3, -0.25) is 4.79 Å². The molecule has 2 bridgehead atoms.